The molecule has 3 aromatic rings. The van der Waals surface area contributed by atoms with Crippen molar-refractivity contribution in [1.82, 2.24) is 14.0 Å². The highest BCUT2D eigenvalue weighted by atomic mass is 16.5. The Labute approximate surface area is 161 Å². The lowest BCUT2D eigenvalue weighted by molar-refractivity contribution is 0.0597. The predicted molar refractivity (Wildman–Crippen MR) is 105 cm³/mol. The zero-order valence-electron chi connectivity index (χ0n) is 16.5. The van der Waals surface area contributed by atoms with Crippen molar-refractivity contribution >= 4 is 22.6 Å². The fourth-order valence-electron chi connectivity index (χ4n) is 3.12. The average Bonchev–Trinajstić information content (AvgIpc) is 2.66. The number of hydrogen-bond acceptors (Lipinski definition) is 6. The second-order valence-electron chi connectivity index (χ2n) is 6.86. The minimum absolute atomic E-state index is 0.0336. The Balaban J connectivity index is 2.27. The number of esters is 1. The van der Waals surface area contributed by atoms with Crippen molar-refractivity contribution in [3.8, 4) is 0 Å². The van der Waals surface area contributed by atoms with E-state index in [-0.39, 0.29) is 28.1 Å². The maximum Gasteiger partial charge on any atom is 0.341 e. The molecule has 1 N–H and O–H groups in total. The molecule has 0 unspecified atom stereocenters. The zero-order chi connectivity index (χ0) is 20.4. The number of aryl methyl sites for hydroxylation is 2. The van der Waals surface area contributed by atoms with Gasteiger partial charge in [-0.25, -0.2) is 9.78 Å². The Hall–Kier alpha value is -3.00. The number of fused-ring (bicyclic) bond motifs is 2. The quantitative estimate of drug-likeness (QED) is 0.398. The Morgan fingerprint density at radius 3 is 2.75 bits per heavy atom. The molecule has 3 rings (SSSR count). The lowest BCUT2D eigenvalue weighted by atomic mass is 10.2. The summed E-state index contributed by atoms with van der Waals surface area (Å²) < 4.78 is 13.4. The molecule has 0 spiro atoms. The van der Waals surface area contributed by atoms with Crippen LogP contribution in [0.4, 0.5) is 0 Å². The smallest absolute Gasteiger partial charge is 0.341 e. The summed E-state index contributed by atoms with van der Waals surface area (Å²) in [6.07, 6.45) is 2.36. The number of nitrogens with zero attached hydrogens (tertiary/aromatic N) is 3. The van der Waals surface area contributed by atoms with Gasteiger partial charge in [0.1, 0.15) is 22.3 Å². The van der Waals surface area contributed by atoms with E-state index in [9.17, 15) is 9.59 Å². The fourth-order valence-corrected chi connectivity index (χ4v) is 3.12. The Bertz CT molecular complexity index is 1160. The lowest BCUT2D eigenvalue weighted by Crippen LogP contribution is -2.31. The van der Waals surface area contributed by atoms with Gasteiger partial charge in [-0.05, 0) is 44.9 Å². The monoisotopic (exact) mass is 384 g/mol. The van der Waals surface area contributed by atoms with E-state index >= 15 is 0 Å². The summed E-state index contributed by atoms with van der Waals surface area (Å²) in [5, 5.41) is 8.75. The molecular weight excluding hydrogens is 360 g/mol. The third kappa shape index (κ3) is 3.55. The highest BCUT2D eigenvalue weighted by Gasteiger charge is 2.18. The second kappa shape index (κ2) is 7.93. The van der Waals surface area contributed by atoms with E-state index in [1.807, 2.05) is 26.8 Å². The normalized spacial score (nSPS) is 11.5. The first-order chi connectivity index (χ1) is 13.3. The number of aromatic nitrogens is 3. The van der Waals surface area contributed by atoms with Crippen LogP contribution in [0.3, 0.4) is 0 Å². The number of nitrogens with one attached hydrogen (secondary N) is 1. The standard InChI is InChI=1S/C20H24N4O4/c1-12(2)28-10-6-9-23-16(21)14(20(26)27-4)11-15-18(23)22-17-13(3)7-5-8-24(17)19(15)25/h5,7-8,11-12,21H,6,9-10H2,1-4H3. The van der Waals surface area contributed by atoms with Crippen LogP contribution in [0.2, 0.25) is 0 Å². The largest absolute Gasteiger partial charge is 0.465 e. The molecule has 0 aliphatic rings. The molecule has 0 radical (unpaired) electrons. The molecule has 0 atom stereocenters. The predicted octanol–water partition coefficient (Wildman–Crippen LogP) is 2.04. The third-order valence-corrected chi connectivity index (χ3v) is 4.52. The summed E-state index contributed by atoms with van der Waals surface area (Å²) in [6, 6.07) is 5.04. The van der Waals surface area contributed by atoms with Crippen molar-refractivity contribution in [2.24, 2.45) is 0 Å². The van der Waals surface area contributed by atoms with E-state index < -0.39 is 5.97 Å². The van der Waals surface area contributed by atoms with Gasteiger partial charge >= 0.3 is 5.97 Å². The van der Waals surface area contributed by atoms with Crippen LogP contribution in [-0.4, -0.2) is 39.7 Å². The number of pyridine rings is 2. The van der Waals surface area contributed by atoms with Crippen molar-refractivity contribution in [1.29, 1.82) is 5.41 Å². The number of ether oxygens (including phenoxy) is 2. The first kappa shape index (κ1) is 19.8. The molecule has 8 heteroatoms. The first-order valence-electron chi connectivity index (χ1n) is 9.15. The number of carbonyl (C=O) groups is 1. The van der Waals surface area contributed by atoms with Crippen LogP contribution in [0, 0.1) is 12.3 Å². The van der Waals surface area contributed by atoms with Crippen LogP contribution in [0.25, 0.3) is 16.7 Å². The molecule has 28 heavy (non-hydrogen) atoms. The summed E-state index contributed by atoms with van der Waals surface area (Å²) in [5.41, 5.74) is 1.46. The summed E-state index contributed by atoms with van der Waals surface area (Å²) in [5.74, 6) is -0.659. The molecule has 3 heterocycles. The van der Waals surface area contributed by atoms with Crippen LogP contribution in [-0.2, 0) is 16.0 Å². The average molecular weight is 384 g/mol. The van der Waals surface area contributed by atoms with E-state index in [1.54, 1.807) is 16.8 Å². The summed E-state index contributed by atoms with van der Waals surface area (Å²) in [6.45, 7) is 6.67. The topological polar surface area (TPSA) is 98.7 Å². The maximum atomic E-state index is 13.1. The van der Waals surface area contributed by atoms with Gasteiger partial charge in [0.25, 0.3) is 5.56 Å². The second-order valence-corrected chi connectivity index (χ2v) is 6.86. The van der Waals surface area contributed by atoms with Gasteiger partial charge < -0.3 is 14.0 Å². The first-order valence-corrected chi connectivity index (χ1v) is 9.15. The van der Waals surface area contributed by atoms with Crippen LogP contribution in [0.5, 0.6) is 0 Å². The van der Waals surface area contributed by atoms with Gasteiger partial charge in [0.15, 0.2) is 0 Å². The van der Waals surface area contributed by atoms with Crippen molar-refractivity contribution in [3.05, 3.63) is 51.4 Å². The van der Waals surface area contributed by atoms with Gasteiger partial charge in [0.2, 0.25) is 0 Å². The van der Waals surface area contributed by atoms with Crippen LogP contribution >= 0.6 is 0 Å². The Morgan fingerprint density at radius 2 is 2.07 bits per heavy atom. The van der Waals surface area contributed by atoms with E-state index in [2.05, 4.69) is 4.98 Å². The Kier molecular flexibility index (Phi) is 5.60. The highest BCUT2D eigenvalue weighted by Crippen LogP contribution is 2.13. The van der Waals surface area contributed by atoms with E-state index in [0.29, 0.717) is 30.9 Å². The summed E-state index contributed by atoms with van der Waals surface area (Å²) in [4.78, 5) is 29.9. The van der Waals surface area contributed by atoms with Crippen molar-refractivity contribution < 1.29 is 14.3 Å². The molecule has 0 aromatic carbocycles. The van der Waals surface area contributed by atoms with Gasteiger partial charge in [-0.1, -0.05) is 6.07 Å². The van der Waals surface area contributed by atoms with Crippen LogP contribution in [0.1, 0.15) is 36.2 Å². The number of rotatable bonds is 6. The van der Waals surface area contributed by atoms with Gasteiger partial charge in [-0.2, -0.15) is 0 Å². The van der Waals surface area contributed by atoms with Gasteiger partial charge in [-0.15, -0.1) is 0 Å². The third-order valence-electron chi connectivity index (χ3n) is 4.52. The van der Waals surface area contributed by atoms with Crippen molar-refractivity contribution in [2.75, 3.05) is 13.7 Å². The maximum absolute atomic E-state index is 13.1. The molecule has 0 fully saturated rings. The van der Waals surface area contributed by atoms with Crippen LogP contribution in [0.15, 0.2) is 29.2 Å². The van der Waals surface area contributed by atoms with Crippen molar-refractivity contribution in [3.63, 3.8) is 0 Å². The van der Waals surface area contributed by atoms with E-state index in [0.717, 1.165) is 5.56 Å². The molecule has 0 saturated heterocycles. The molecular formula is C20H24N4O4. The molecule has 148 valence electrons. The lowest BCUT2D eigenvalue weighted by Gasteiger charge is -2.15. The van der Waals surface area contributed by atoms with Crippen LogP contribution < -0.4 is 11.0 Å². The van der Waals surface area contributed by atoms with Gasteiger partial charge in [0, 0.05) is 19.3 Å². The molecule has 0 bridgehead atoms. The van der Waals surface area contributed by atoms with E-state index in [4.69, 9.17) is 14.9 Å². The zero-order valence-corrected chi connectivity index (χ0v) is 16.5. The SMILES string of the molecule is COC(=O)c1cc2c(=O)n3cccc(C)c3nc2n(CCCOC(C)C)c1=N. The Morgan fingerprint density at radius 1 is 1.32 bits per heavy atom. The van der Waals surface area contributed by atoms with Crippen molar-refractivity contribution in [2.45, 2.75) is 39.8 Å². The van der Waals surface area contributed by atoms with E-state index in [1.165, 1.54) is 17.6 Å². The number of hydrogen-bond donors (Lipinski definition) is 1. The molecule has 8 nitrogen and oxygen atoms in total. The highest BCUT2D eigenvalue weighted by molar-refractivity contribution is 5.93. The minimum Gasteiger partial charge on any atom is -0.465 e. The van der Waals surface area contributed by atoms with Gasteiger partial charge in [0.05, 0.1) is 18.6 Å². The molecule has 0 aliphatic heterocycles. The fraction of sp³-hybridized carbons (Fsp3) is 0.400. The number of methoxy groups -OCH3 is 1. The number of carbonyl (C=O) groups excluding carboxylic acids is 1. The summed E-state index contributed by atoms with van der Waals surface area (Å²) >= 11 is 0. The molecule has 0 aliphatic carbocycles. The molecule has 0 saturated carbocycles. The summed E-state index contributed by atoms with van der Waals surface area (Å²) in [7, 11) is 1.25. The minimum atomic E-state index is -0.659. The molecule has 0 amide bonds. The van der Waals surface area contributed by atoms with Gasteiger partial charge in [-0.3, -0.25) is 14.6 Å². The molecule has 3 aromatic heterocycles.